The Morgan fingerprint density at radius 3 is 2.35 bits per heavy atom. The predicted molar refractivity (Wildman–Crippen MR) is 84.4 cm³/mol. The van der Waals surface area contributed by atoms with Gasteiger partial charge in [0.1, 0.15) is 0 Å². The topological polar surface area (TPSA) is 105 Å². The van der Waals surface area contributed by atoms with E-state index in [4.69, 9.17) is 9.84 Å². The average Bonchev–Trinajstić information content (AvgIpc) is 2.58. The number of alkyl halides is 3. The highest BCUT2D eigenvalue weighted by Gasteiger charge is 2.30. The standard InChI is InChI=1S/C16H17F3N2O5/c1-2-7-26-9-12(15(24)25)21-13(22)8-20-14(23)10-3-5-11(6-4-10)16(17,18)19/h2-6,12H,1,7-9H2,(H,20,23)(H,21,22)(H,24,25). The molecule has 0 heterocycles. The molecule has 0 saturated carbocycles. The summed E-state index contributed by atoms with van der Waals surface area (Å²) in [6.07, 6.45) is -3.11. The number of hydrogen-bond donors (Lipinski definition) is 3. The Hall–Kier alpha value is -2.88. The van der Waals surface area contributed by atoms with Crippen LogP contribution >= 0.6 is 0 Å². The fourth-order valence-electron chi connectivity index (χ4n) is 1.76. The van der Waals surface area contributed by atoms with E-state index in [0.717, 1.165) is 24.3 Å². The summed E-state index contributed by atoms with van der Waals surface area (Å²) in [5.74, 6) is -2.89. The van der Waals surface area contributed by atoms with Crippen molar-refractivity contribution in [1.29, 1.82) is 0 Å². The SMILES string of the molecule is C=CCOCC(NC(=O)CNC(=O)c1ccc(C(F)(F)F)cc1)C(=O)O. The van der Waals surface area contributed by atoms with Crippen molar-refractivity contribution in [1.82, 2.24) is 10.6 Å². The van der Waals surface area contributed by atoms with Crippen LogP contribution in [0.3, 0.4) is 0 Å². The Morgan fingerprint density at radius 2 is 1.85 bits per heavy atom. The van der Waals surface area contributed by atoms with Crippen molar-refractivity contribution < 1.29 is 37.4 Å². The molecule has 7 nitrogen and oxygen atoms in total. The molecule has 0 aliphatic carbocycles. The predicted octanol–water partition coefficient (Wildman–Crippen LogP) is 1.21. The lowest BCUT2D eigenvalue weighted by molar-refractivity contribution is -0.143. The van der Waals surface area contributed by atoms with Gasteiger partial charge in [0.25, 0.3) is 5.91 Å². The molecule has 26 heavy (non-hydrogen) atoms. The van der Waals surface area contributed by atoms with Gasteiger partial charge in [0.05, 0.1) is 25.3 Å². The molecule has 0 spiro atoms. The number of carboxylic acid groups (broad SMARTS) is 1. The van der Waals surface area contributed by atoms with Crippen molar-refractivity contribution in [2.45, 2.75) is 12.2 Å². The number of benzene rings is 1. The molecule has 0 aromatic heterocycles. The van der Waals surface area contributed by atoms with Crippen molar-refractivity contribution >= 4 is 17.8 Å². The average molecular weight is 374 g/mol. The molecule has 0 fully saturated rings. The molecule has 1 unspecified atom stereocenters. The van der Waals surface area contributed by atoms with Gasteiger partial charge in [0.2, 0.25) is 5.91 Å². The lowest BCUT2D eigenvalue weighted by Crippen LogP contribution is -2.47. The summed E-state index contributed by atoms with van der Waals surface area (Å²) in [5.41, 5.74) is -0.981. The lowest BCUT2D eigenvalue weighted by Gasteiger charge is -2.14. The second kappa shape index (κ2) is 9.56. The van der Waals surface area contributed by atoms with Gasteiger partial charge in [-0.3, -0.25) is 9.59 Å². The highest BCUT2D eigenvalue weighted by atomic mass is 19.4. The van der Waals surface area contributed by atoms with Gasteiger partial charge in [-0.2, -0.15) is 13.2 Å². The zero-order valence-electron chi connectivity index (χ0n) is 13.5. The number of carbonyl (C=O) groups is 3. The third kappa shape index (κ3) is 6.93. The smallest absolute Gasteiger partial charge is 0.416 e. The van der Waals surface area contributed by atoms with E-state index in [9.17, 15) is 27.6 Å². The second-order valence-corrected chi connectivity index (χ2v) is 5.04. The van der Waals surface area contributed by atoms with Crippen molar-refractivity contribution in [3.05, 3.63) is 48.0 Å². The number of nitrogens with one attached hydrogen (secondary N) is 2. The van der Waals surface area contributed by atoms with E-state index in [1.165, 1.54) is 6.08 Å². The molecule has 3 N–H and O–H groups in total. The van der Waals surface area contributed by atoms with E-state index in [0.29, 0.717) is 0 Å². The second-order valence-electron chi connectivity index (χ2n) is 5.04. The zero-order valence-corrected chi connectivity index (χ0v) is 13.5. The van der Waals surface area contributed by atoms with Gasteiger partial charge in [-0.15, -0.1) is 6.58 Å². The molecular weight excluding hydrogens is 357 g/mol. The van der Waals surface area contributed by atoms with Crippen LogP contribution in [0.1, 0.15) is 15.9 Å². The maximum atomic E-state index is 12.5. The van der Waals surface area contributed by atoms with Crippen molar-refractivity contribution in [2.24, 2.45) is 0 Å². The summed E-state index contributed by atoms with van der Waals surface area (Å²) in [4.78, 5) is 34.5. The Morgan fingerprint density at radius 1 is 1.23 bits per heavy atom. The van der Waals surface area contributed by atoms with E-state index < -0.39 is 42.1 Å². The molecule has 10 heteroatoms. The summed E-state index contributed by atoms with van der Waals surface area (Å²) in [6, 6.07) is 2.11. The molecule has 0 aliphatic heterocycles. The largest absolute Gasteiger partial charge is 0.480 e. The van der Waals surface area contributed by atoms with Crippen LogP contribution in [0.2, 0.25) is 0 Å². The van der Waals surface area contributed by atoms with E-state index >= 15 is 0 Å². The molecule has 1 aromatic rings. The first-order chi connectivity index (χ1) is 12.1. The molecule has 0 saturated heterocycles. The number of carboxylic acids is 1. The quantitative estimate of drug-likeness (QED) is 0.445. The van der Waals surface area contributed by atoms with Gasteiger partial charge in [0.15, 0.2) is 6.04 Å². The number of hydrogen-bond acceptors (Lipinski definition) is 4. The summed E-state index contributed by atoms with van der Waals surface area (Å²) in [6.45, 7) is 2.65. The summed E-state index contributed by atoms with van der Waals surface area (Å²) >= 11 is 0. The van der Waals surface area contributed by atoms with Crippen LogP contribution in [0.25, 0.3) is 0 Å². The Kier molecular flexibility index (Phi) is 7.78. The molecule has 0 aliphatic rings. The van der Waals surface area contributed by atoms with Crippen LogP contribution < -0.4 is 10.6 Å². The highest BCUT2D eigenvalue weighted by molar-refractivity contribution is 5.96. The fraction of sp³-hybridized carbons (Fsp3) is 0.312. The number of aliphatic carboxylic acids is 1. The van der Waals surface area contributed by atoms with Crippen LogP contribution in [0.5, 0.6) is 0 Å². The van der Waals surface area contributed by atoms with Gasteiger partial charge < -0.3 is 20.5 Å². The van der Waals surface area contributed by atoms with Gasteiger partial charge in [-0.25, -0.2) is 4.79 Å². The van der Waals surface area contributed by atoms with Crippen molar-refractivity contribution in [2.75, 3.05) is 19.8 Å². The molecule has 1 rings (SSSR count). The van der Waals surface area contributed by atoms with E-state index in [2.05, 4.69) is 17.2 Å². The van der Waals surface area contributed by atoms with E-state index in [1.807, 2.05) is 0 Å². The highest BCUT2D eigenvalue weighted by Crippen LogP contribution is 2.28. The summed E-state index contributed by atoms with van der Waals surface area (Å²) < 4.78 is 42.3. The monoisotopic (exact) mass is 374 g/mol. The van der Waals surface area contributed by atoms with Gasteiger partial charge in [-0.05, 0) is 24.3 Å². The van der Waals surface area contributed by atoms with E-state index in [-0.39, 0.29) is 18.8 Å². The molecule has 0 radical (unpaired) electrons. The molecular formula is C16H17F3N2O5. The first-order valence-electron chi connectivity index (χ1n) is 7.31. The van der Waals surface area contributed by atoms with Crippen LogP contribution in [0, 0.1) is 0 Å². The maximum Gasteiger partial charge on any atom is 0.416 e. The van der Waals surface area contributed by atoms with Crippen LogP contribution in [0.15, 0.2) is 36.9 Å². The summed E-state index contributed by atoms with van der Waals surface area (Å²) in [5, 5.41) is 13.3. The van der Waals surface area contributed by atoms with Crippen molar-refractivity contribution in [3.8, 4) is 0 Å². The minimum Gasteiger partial charge on any atom is -0.480 e. The van der Waals surface area contributed by atoms with Crippen LogP contribution in [-0.2, 0) is 20.5 Å². The Balaban J connectivity index is 2.53. The van der Waals surface area contributed by atoms with Gasteiger partial charge in [-0.1, -0.05) is 6.08 Å². The van der Waals surface area contributed by atoms with Gasteiger partial charge >= 0.3 is 12.1 Å². The lowest BCUT2D eigenvalue weighted by atomic mass is 10.1. The first-order valence-corrected chi connectivity index (χ1v) is 7.31. The number of rotatable bonds is 9. The van der Waals surface area contributed by atoms with Gasteiger partial charge in [0, 0.05) is 5.56 Å². The fourth-order valence-corrected chi connectivity index (χ4v) is 1.76. The molecule has 0 bridgehead atoms. The molecule has 1 atom stereocenters. The maximum absolute atomic E-state index is 12.5. The first kappa shape index (κ1) is 21.2. The number of carbonyl (C=O) groups excluding carboxylic acids is 2. The van der Waals surface area contributed by atoms with E-state index in [1.54, 1.807) is 0 Å². The minimum absolute atomic E-state index is 0.0742. The third-order valence-electron chi connectivity index (χ3n) is 3.04. The summed E-state index contributed by atoms with van der Waals surface area (Å²) in [7, 11) is 0. The third-order valence-corrected chi connectivity index (χ3v) is 3.04. The van der Waals surface area contributed by atoms with Crippen LogP contribution in [0.4, 0.5) is 13.2 Å². The Bertz CT molecular complexity index is 659. The van der Waals surface area contributed by atoms with Crippen LogP contribution in [-0.4, -0.2) is 48.7 Å². The normalized spacial score (nSPS) is 12.1. The molecule has 2 amide bonds. The zero-order chi connectivity index (χ0) is 19.7. The minimum atomic E-state index is -4.52. The van der Waals surface area contributed by atoms with Crippen molar-refractivity contribution in [3.63, 3.8) is 0 Å². The number of ether oxygens (including phenoxy) is 1. The number of halogens is 3. The molecule has 142 valence electrons. The Labute approximate surface area is 146 Å². The molecule has 1 aromatic carbocycles. The number of amides is 2.